The lowest BCUT2D eigenvalue weighted by molar-refractivity contribution is -0.144. The van der Waals surface area contributed by atoms with Crippen molar-refractivity contribution < 1.29 is 9.90 Å². The third kappa shape index (κ3) is 2.54. The van der Waals surface area contributed by atoms with Gasteiger partial charge in [-0.25, -0.2) is 0 Å². The van der Waals surface area contributed by atoms with Gasteiger partial charge in [0.2, 0.25) is 0 Å². The van der Waals surface area contributed by atoms with Crippen LogP contribution < -0.4 is 0 Å². The van der Waals surface area contributed by atoms with E-state index in [2.05, 4.69) is 32.2 Å². The summed E-state index contributed by atoms with van der Waals surface area (Å²) in [4.78, 5) is 12.7. The maximum absolute atomic E-state index is 11.4. The summed E-state index contributed by atoms with van der Waals surface area (Å²) in [5.74, 6) is -0.630. The molecule has 2 nitrogen and oxygen atoms in total. The lowest BCUT2D eigenvalue weighted by Crippen LogP contribution is -2.33. The lowest BCUT2D eigenvalue weighted by Gasteiger charge is -2.39. The van der Waals surface area contributed by atoms with Crippen molar-refractivity contribution in [1.82, 2.24) is 0 Å². The van der Waals surface area contributed by atoms with Gasteiger partial charge in [-0.2, -0.15) is 0 Å². The second-order valence-electron chi connectivity index (χ2n) is 5.89. The van der Waals surface area contributed by atoms with E-state index in [0.717, 1.165) is 19.3 Å². The number of aryl methyl sites for hydroxylation is 1. The van der Waals surface area contributed by atoms with E-state index < -0.39 is 5.97 Å². The molecule has 0 saturated heterocycles. The summed E-state index contributed by atoms with van der Waals surface area (Å²) >= 11 is 1.72. The van der Waals surface area contributed by atoms with E-state index in [0.29, 0.717) is 0 Å². The van der Waals surface area contributed by atoms with Crippen molar-refractivity contribution in [3.8, 4) is 0 Å². The summed E-state index contributed by atoms with van der Waals surface area (Å²) in [6.45, 7) is 6.60. The summed E-state index contributed by atoms with van der Waals surface area (Å²) < 4.78 is 0. The minimum Gasteiger partial charge on any atom is -0.481 e. The van der Waals surface area contributed by atoms with Gasteiger partial charge in [0.05, 0.1) is 5.92 Å². The third-order valence-corrected chi connectivity index (χ3v) is 4.87. The highest BCUT2D eigenvalue weighted by atomic mass is 32.1. The second kappa shape index (κ2) is 4.45. The number of carboxylic acids is 1. The van der Waals surface area contributed by atoms with Crippen LogP contribution in [0.25, 0.3) is 0 Å². The minimum atomic E-state index is -0.629. The van der Waals surface area contributed by atoms with Gasteiger partial charge in [0.25, 0.3) is 0 Å². The highest BCUT2D eigenvalue weighted by Crippen LogP contribution is 2.48. The van der Waals surface area contributed by atoms with Crippen LogP contribution in [0.5, 0.6) is 0 Å². The smallest absolute Gasteiger partial charge is 0.307 e. The molecular formula is C14H20O2S. The molecule has 1 aromatic heterocycles. The average Bonchev–Trinajstić information content (AvgIpc) is 2.62. The first kappa shape index (κ1) is 12.6. The summed E-state index contributed by atoms with van der Waals surface area (Å²) in [6.07, 6.45) is 2.81. The predicted molar refractivity (Wildman–Crippen MR) is 70.6 cm³/mol. The van der Waals surface area contributed by atoms with E-state index in [9.17, 15) is 9.90 Å². The van der Waals surface area contributed by atoms with E-state index in [1.54, 1.807) is 11.3 Å². The van der Waals surface area contributed by atoms with Crippen LogP contribution >= 0.6 is 11.3 Å². The Kier molecular flexibility index (Phi) is 3.30. The molecule has 2 rings (SSSR count). The maximum atomic E-state index is 11.4. The third-order valence-electron chi connectivity index (χ3n) is 4.01. The van der Waals surface area contributed by atoms with Gasteiger partial charge >= 0.3 is 5.97 Å². The SMILES string of the molecule is Cc1sccc1C1CC(C)(C)CCC1C(=O)O. The Morgan fingerprint density at radius 3 is 2.76 bits per heavy atom. The summed E-state index contributed by atoms with van der Waals surface area (Å²) in [6, 6.07) is 2.11. The standard InChI is InChI=1S/C14H20O2S/c1-9-10(5-7-17-9)12-8-14(2,3)6-4-11(12)13(15)16/h5,7,11-12H,4,6,8H2,1-3H3,(H,15,16). The monoisotopic (exact) mass is 252 g/mol. The van der Waals surface area contributed by atoms with Gasteiger partial charge in [-0.05, 0) is 54.5 Å². The van der Waals surface area contributed by atoms with E-state index in [4.69, 9.17) is 0 Å². The van der Waals surface area contributed by atoms with E-state index in [1.807, 2.05) is 0 Å². The van der Waals surface area contributed by atoms with Gasteiger partial charge < -0.3 is 5.11 Å². The maximum Gasteiger partial charge on any atom is 0.307 e. The average molecular weight is 252 g/mol. The quantitative estimate of drug-likeness (QED) is 0.862. The fourth-order valence-electron chi connectivity index (χ4n) is 2.99. The van der Waals surface area contributed by atoms with Crippen LogP contribution in [0.3, 0.4) is 0 Å². The van der Waals surface area contributed by atoms with E-state index in [-0.39, 0.29) is 17.3 Å². The number of hydrogen-bond acceptors (Lipinski definition) is 2. The number of aliphatic carboxylic acids is 1. The topological polar surface area (TPSA) is 37.3 Å². The van der Waals surface area contributed by atoms with Crippen LogP contribution in [0.4, 0.5) is 0 Å². The molecule has 2 unspecified atom stereocenters. The molecule has 0 amide bonds. The first-order valence-corrected chi connectivity index (χ1v) is 7.05. The molecule has 0 bridgehead atoms. The van der Waals surface area contributed by atoms with E-state index >= 15 is 0 Å². The summed E-state index contributed by atoms with van der Waals surface area (Å²) in [5.41, 5.74) is 1.53. The van der Waals surface area contributed by atoms with Crippen molar-refractivity contribution in [1.29, 1.82) is 0 Å². The fraction of sp³-hybridized carbons (Fsp3) is 0.643. The largest absolute Gasteiger partial charge is 0.481 e. The predicted octanol–water partition coefficient (Wildman–Crippen LogP) is 4.05. The molecular weight excluding hydrogens is 232 g/mol. The highest BCUT2D eigenvalue weighted by molar-refractivity contribution is 7.10. The van der Waals surface area contributed by atoms with Crippen molar-refractivity contribution in [2.45, 2.75) is 46.0 Å². The van der Waals surface area contributed by atoms with Crippen molar-refractivity contribution in [2.24, 2.45) is 11.3 Å². The Hall–Kier alpha value is -0.830. The normalized spacial score (nSPS) is 27.9. The van der Waals surface area contributed by atoms with Gasteiger partial charge in [0.15, 0.2) is 0 Å². The molecule has 94 valence electrons. The summed E-state index contributed by atoms with van der Waals surface area (Å²) in [7, 11) is 0. The van der Waals surface area contributed by atoms with Crippen molar-refractivity contribution in [3.63, 3.8) is 0 Å². The van der Waals surface area contributed by atoms with Gasteiger partial charge in [0, 0.05) is 4.88 Å². The molecule has 1 aromatic rings. The number of hydrogen-bond donors (Lipinski definition) is 1. The molecule has 1 N–H and O–H groups in total. The molecule has 1 saturated carbocycles. The van der Waals surface area contributed by atoms with Gasteiger partial charge in [-0.15, -0.1) is 11.3 Å². The highest BCUT2D eigenvalue weighted by Gasteiger charge is 2.39. The lowest BCUT2D eigenvalue weighted by atomic mass is 9.65. The minimum absolute atomic E-state index is 0.197. The Bertz CT molecular complexity index is 420. The molecule has 3 heteroatoms. The zero-order chi connectivity index (χ0) is 12.6. The van der Waals surface area contributed by atoms with Crippen molar-refractivity contribution >= 4 is 17.3 Å². The molecule has 1 aliphatic carbocycles. The van der Waals surface area contributed by atoms with Gasteiger partial charge in [-0.3, -0.25) is 4.79 Å². The zero-order valence-electron chi connectivity index (χ0n) is 10.7. The first-order valence-electron chi connectivity index (χ1n) is 6.17. The second-order valence-corrected chi connectivity index (χ2v) is 7.01. The zero-order valence-corrected chi connectivity index (χ0v) is 11.5. The Morgan fingerprint density at radius 1 is 1.53 bits per heavy atom. The molecule has 0 aliphatic heterocycles. The fourth-order valence-corrected chi connectivity index (χ4v) is 3.76. The van der Waals surface area contributed by atoms with Crippen LogP contribution in [-0.4, -0.2) is 11.1 Å². The first-order chi connectivity index (χ1) is 7.91. The van der Waals surface area contributed by atoms with Crippen LogP contribution in [0.15, 0.2) is 11.4 Å². The van der Waals surface area contributed by atoms with Crippen LogP contribution in [0.2, 0.25) is 0 Å². The van der Waals surface area contributed by atoms with Gasteiger partial charge in [0.1, 0.15) is 0 Å². The molecule has 1 heterocycles. The number of carbonyl (C=O) groups is 1. The van der Waals surface area contributed by atoms with Crippen LogP contribution in [0, 0.1) is 18.3 Å². The van der Waals surface area contributed by atoms with Crippen molar-refractivity contribution in [2.75, 3.05) is 0 Å². The molecule has 2 atom stereocenters. The van der Waals surface area contributed by atoms with E-state index in [1.165, 1.54) is 10.4 Å². The Balaban J connectivity index is 2.32. The summed E-state index contributed by atoms with van der Waals surface area (Å²) in [5, 5.41) is 11.4. The molecule has 1 aliphatic rings. The molecule has 0 radical (unpaired) electrons. The van der Waals surface area contributed by atoms with Crippen molar-refractivity contribution in [3.05, 3.63) is 21.9 Å². The van der Waals surface area contributed by atoms with Crippen LogP contribution in [0.1, 0.15) is 49.5 Å². The Labute approximate surface area is 107 Å². The number of rotatable bonds is 2. The number of thiophene rings is 1. The molecule has 1 fully saturated rings. The Morgan fingerprint density at radius 2 is 2.24 bits per heavy atom. The molecule has 17 heavy (non-hydrogen) atoms. The van der Waals surface area contributed by atoms with Crippen LogP contribution in [-0.2, 0) is 4.79 Å². The molecule has 0 aromatic carbocycles. The van der Waals surface area contributed by atoms with Gasteiger partial charge in [-0.1, -0.05) is 13.8 Å². The molecule has 0 spiro atoms. The number of carboxylic acid groups (broad SMARTS) is 1.